The number of rotatable bonds is 8. The van der Waals surface area contributed by atoms with E-state index < -0.39 is 0 Å². The molecule has 0 aromatic heterocycles. The second-order valence-corrected chi connectivity index (χ2v) is 4.74. The molecule has 0 fully saturated rings. The summed E-state index contributed by atoms with van der Waals surface area (Å²) in [5.41, 5.74) is 0. The lowest BCUT2D eigenvalue weighted by Crippen LogP contribution is -2.42. The molecule has 0 saturated carbocycles. The SMILES string of the molecule is CCNC(=NCCOc1cccc(OC)c1)NC(C)CC. The van der Waals surface area contributed by atoms with Crippen LogP contribution in [0.4, 0.5) is 0 Å². The van der Waals surface area contributed by atoms with E-state index in [2.05, 4.69) is 36.4 Å². The van der Waals surface area contributed by atoms with Gasteiger partial charge in [-0.15, -0.1) is 0 Å². The summed E-state index contributed by atoms with van der Waals surface area (Å²) in [7, 11) is 1.65. The Labute approximate surface area is 127 Å². The van der Waals surface area contributed by atoms with E-state index in [-0.39, 0.29) is 0 Å². The Hall–Kier alpha value is -1.91. The van der Waals surface area contributed by atoms with Crippen LogP contribution in [0, 0.1) is 0 Å². The molecule has 1 rings (SSSR count). The minimum Gasteiger partial charge on any atom is -0.497 e. The van der Waals surface area contributed by atoms with Gasteiger partial charge in [-0.2, -0.15) is 0 Å². The van der Waals surface area contributed by atoms with Gasteiger partial charge in [-0.05, 0) is 32.4 Å². The van der Waals surface area contributed by atoms with E-state index >= 15 is 0 Å². The Morgan fingerprint density at radius 1 is 1.29 bits per heavy atom. The van der Waals surface area contributed by atoms with Crippen molar-refractivity contribution >= 4 is 5.96 Å². The lowest BCUT2D eigenvalue weighted by Gasteiger charge is -2.16. The third-order valence-electron chi connectivity index (χ3n) is 3.01. The fraction of sp³-hybridized carbons (Fsp3) is 0.562. The summed E-state index contributed by atoms with van der Waals surface area (Å²) in [4.78, 5) is 4.50. The van der Waals surface area contributed by atoms with Crippen molar-refractivity contribution in [3.05, 3.63) is 24.3 Å². The lowest BCUT2D eigenvalue weighted by atomic mass is 10.3. The highest BCUT2D eigenvalue weighted by molar-refractivity contribution is 5.80. The minimum atomic E-state index is 0.405. The molecule has 5 nitrogen and oxygen atoms in total. The molecule has 0 bridgehead atoms. The van der Waals surface area contributed by atoms with Crippen LogP contribution in [0.1, 0.15) is 27.2 Å². The zero-order valence-corrected chi connectivity index (χ0v) is 13.5. The molecule has 5 heteroatoms. The normalized spacial score (nSPS) is 12.7. The number of hydrogen-bond acceptors (Lipinski definition) is 3. The molecule has 118 valence electrons. The van der Waals surface area contributed by atoms with E-state index in [0.29, 0.717) is 19.2 Å². The van der Waals surface area contributed by atoms with E-state index in [1.54, 1.807) is 7.11 Å². The molecule has 0 aliphatic heterocycles. The molecular formula is C16H27N3O2. The third kappa shape index (κ3) is 6.88. The van der Waals surface area contributed by atoms with Crippen LogP contribution in [0.15, 0.2) is 29.3 Å². The maximum atomic E-state index is 5.67. The molecule has 0 saturated heterocycles. The van der Waals surface area contributed by atoms with Gasteiger partial charge in [0.25, 0.3) is 0 Å². The Balaban J connectivity index is 2.42. The number of ether oxygens (including phenoxy) is 2. The summed E-state index contributed by atoms with van der Waals surface area (Å²) in [5.74, 6) is 2.42. The standard InChI is InChI=1S/C16H27N3O2/c1-5-13(3)19-16(17-6-2)18-10-11-21-15-9-7-8-14(12-15)20-4/h7-9,12-13H,5-6,10-11H2,1-4H3,(H2,17,18,19). The van der Waals surface area contributed by atoms with Gasteiger partial charge in [0, 0.05) is 18.7 Å². The first-order valence-electron chi connectivity index (χ1n) is 7.51. The van der Waals surface area contributed by atoms with E-state index in [4.69, 9.17) is 9.47 Å². The highest BCUT2D eigenvalue weighted by Gasteiger charge is 2.02. The van der Waals surface area contributed by atoms with Gasteiger partial charge in [-0.3, -0.25) is 0 Å². The van der Waals surface area contributed by atoms with E-state index in [9.17, 15) is 0 Å². The Kier molecular flexibility index (Phi) is 8.09. The summed E-state index contributed by atoms with van der Waals surface area (Å²) in [6, 6.07) is 7.99. The Morgan fingerprint density at radius 3 is 2.71 bits per heavy atom. The van der Waals surface area contributed by atoms with Crippen LogP contribution in [0.5, 0.6) is 11.5 Å². The number of hydrogen-bond donors (Lipinski definition) is 2. The average molecular weight is 293 g/mol. The number of aliphatic imine (C=N–C) groups is 1. The van der Waals surface area contributed by atoms with Crippen LogP contribution in [0.25, 0.3) is 0 Å². The second-order valence-electron chi connectivity index (χ2n) is 4.74. The van der Waals surface area contributed by atoms with Crippen molar-refractivity contribution in [1.82, 2.24) is 10.6 Å². The molecule has 0 amide bonds. The van der Waals surface area contributed by atoms with Crippen LogP contribution in [0.2, 0.25) is 0 Å². The van der Waals surface area contributed by atoms with Gasteiger partial charge in [-0.25, -0.2) is 4.99 Å². The summed E-state index contributed by atoms with van der Waals surface area (Å²) in [5, 5.41) is 6.58. The molecule has 1 aromatic carbocycles. The van der Waals surface area contributed by atoms with Gasteiger partial charge in [0.2, 0.25) is 0 Å². The highest BCUT2D eigenvalue weighted by Crippen LogP contribution is 2.18. The minimum absolute atomic E-state index is 0.405. The van der Waals surface area contributed by atoms with Crippen molar-refractivity contribution in [2.75, 3.05) is 26.8 Å². The van der Waals surface area contributed by atoms with Crippen molar-refractivity contribution in [2.45, 2.75) is 33.2 Å². The molecule has 0 aliphatic rings. The first kappa shape index (κ1) is 17.1. The molecule has 0 aliphatic carbocycles. The van der Waals surface area contributed by atoms with Crippen molar-refractivity contribution < 1.29 is 9.47 Å². The van der Waals surface area contributed by atoms with Crippen LogP contribution >= 0.6 is 0 Å². The lowest BCUT2D eigenvalue weighted by molar-refractivity contribution is 0.325. The van der Waals surface area contributed by atoms with Crippen molar-refractivity contribution in [2.24, 2.45) is 4.99 Å². The van der Waals surface area contributed by atoms with Gasteiger partial charge in [-0.1, -0.05) is 13.0 Å². The van der Waals surface area contributed by atoms with Crippen molar-refractivity contribution in [1.29, 1.82) is 0 Å². The zero-order valence-electron chi connectivity index (χ0n) is 13.5. The number of guanidine groups is 1. The van der Waals surface area contributed by atoms with Crippen LogP contribution in [-0.2, 0) is 0 Å². The van der Waals surface area contributed by atoms with E-state index in [1.807, 2.05) is 24.3 Å². The van der Waals surface area contributed by atoms with Crippen LogP contribution in [0.3, 0.4) is 0 Å². The summed E-state index contributed by atoms with van der Waals surface area (Å²) in [6.45, 7) is 8.32. The molecule has 0 radical (unpaired) electrons. The first-order chi connectivity index (χ1) is 10.2. The fourth-order valence-corrected chi connectivity index (χ4v) is 1.67. The smallest absolute Gasteiger partial charge is 0.191 e. The predicted molar refractivity (Wildman–Crippen MR) is 87.4 cm³/mol. The topological polar surface area (TPSA) is 54.9 Å². The third-order valence-corrected chi connectivity index (χ3v) is 3.01. The van der Waals surface area contributed by atoms with Crippen LogP contribution in [-0.4, -0.2) is 38.8 Å². The number of nitrogens with zero attached hydrogens (tertiary/aromatic N) is 1. The molecule has 21 heavy (non-hydrogen) atoms. The molecular weight excluding hydrogens is 266 g/mol. The molecule has 0 heterocycles. The average Bonchev–Trinajstić information content (AvgIpc) is 2.51. The van der Waals surface area contributed by atoms with E-state index in [1.165, 1.54) is 0 Å². The maximum Gasteiger partial charge on any atom is 0.191 e. The molecule has 1 unspecified atom stereocenters. The molecule has 0 spiro atoms. The Bertz CT molecular complexity index is 435. The maximum absolute atomic E-state index is 5.67. The van der Waals surface area contributed by atoms with Crippen LogP contribution < -0.4 is 20.1 Å². The van der Waals surface area contributed by atoms with Crippen molar-refractivity contribution in [3.63, 3.8) is 0 Å². The number of nitrogens with one attached hydrogen (secondary N) is 2. The monoisotopic (exact) mass is 293 g/mol. The van der Waals surface area contributed by atoms with Gasteiger partial charge in [0.05, 0.1) is 13.7 Å². The van der Waals surface area contributed by atoms with Gasteiger partial charge < -0.3 is 20.1 Å². The van der Waals surface area contributed by atoms with Gasteiger partial charge in [0.15, 0.2) is 5.96 Å². The highest BCUT2D eigenvalue weighted by atomic mass is 16.5. The predicted octanol–water partition coefficient (Wildman–Crippen LogP) is 2.43. The van der Waals surface area contributed by atoms with Gasteiger partial charge in [0.1, 0.15) is 18.1 Å². The van der Waals surface area contributed by atoms with Gasteiger partial charge >= 0.3 is 0 Å². The van der Waals surface area contributed by atoms with Crippen molar-refractivity contribution in [3.8, 4) is 11.5 Å². The molecule has 2 N–H and O–H groups in total. The van der Waals surface area contributed by atoms with E-state index in [0.717, 1.165) is 30.4 Å². The first-order valence-corrected chi connectivity index (χ1v) is 7.51. The largest absolute Gasteiger partial charge is 0.497 e. The fourth-order valence-electron chi connectivity index (χ4n) is 1.67. The number of benzene rings is 1. The zero-order chi connectivity index (χ0) is 15.5. The summed E-state index contributed by atoms with van der Waals surface area (Å²) >= 11 is 0. The summed E-state index contributed by atoms with van der Waals surface area (Å²) in [6.07, 6.45) is 1.06. The quantitative estimate of drug-likeness (QED) is 0.439. The molecule has 1 aromatic rings. The Morgan fingerprint density at radius 2 is 2.05 bits per heavy atom. The molecule has 1 atom stereocenters. The summed E-state index contributed by atoms with van der Waals surface area (Å²) < 4.78 is 10.8. The number of methoxy groups -OCH3 is 1. The second kappa shape index (κ2) is 9.91.